The van der Waals surface area contributed by atoms with Gasteiger partial charge in [0.2, 0.25) is 0 Å². The summed E-state index contributed by atoms with van der Waals surface area (Å²) in [5.74, 6) is 0.155. The van der Waals surface area contributed by atoms with Gasteiger partial charge in [0.15, 0.2) is 0 Å². The van der Waals surface area contributed by atoms with Crippen LogP contribution in [0, 0.1) is 11.7 Å². The summed E-state index contributed by atoms with van der Waals surface area (Å²) < 4.78 is 13.1. The normalized spacial score (nSPS) is 21.4. The number of aromatic nitrogens is 1. The SMILES string of the molecule is CCNC(c1ccc(F)cn1)C(C)CN1CCCC1(C)C. The molecule has 1 aliphatic heterocycles. The smallest absolute Gasteiger partial charge is 0.141 e. The van der Waals surface area contributed by atoms with E-state index in [1.807, 2.05) is 0 Å². The Labute approximate surface area is 127 Å². The monoisotopic (exact) mass is 293 g/mol. The minimum absolute atomic E-state index is 0.173. The summed E-state index contributed by atoms with van der Waals surface area (Å²) >= 11 is 0. The largest absolute Gasteiger partial charge is 0.309 e. The summed E-state index contributed by atoms with van der Waals surface area (Å²) in [7, 11) is 0. The maximum atomic E-state index is 13.1. The molecule has 4 heteroatoms. The number of halogens is 1. The predicted molar refractivity (Wildman–Crippen MR) is 84.7 cm³/mol. The molecule has 0 aliphatic carbocycles. The molecule has 0 spiro atoms. The average molecular weight is 293 g/mol. The fraction of sp³-hybridized carbons (Fsp3) is 0.706. The van der Waals surface area contributed by atoms with Gasteiger partial charge in [-0.15, -0.1) is 0 Å². The number of pyridine rings is 1. The Hall–Kier alpha value is -1.00. The highest BCUT2D eigenvalue weighted by Crippen LogP contribution is 2.31. The molecule has 0 bridgehead atoms. The number of nitrogens with one attached hydrogen (secondary N) is 1. The first-order valence-corrected chi connectivity index (χ1v) is 8.04. The van der Waals surface area contributed by atoms with Crippen molar-refractivity contribution in [3.8, 4) is 0 Å². The van der Waals surface area contributed by atoms with Gasteiger partial charge >= 0.3 is 0 Å². The van der Waals surface area contributed by atoms with Crippen molar-refractivity contribution in [1.29, 1.82) is 0 Å². The first-order valence-electron chi connectivity index (χ1n) is 8.04. The van der Waals surface area contributed by atoms with E-state index in [-0.39, 0.29) is 11.9 Å². The molecule has 0 saturated carbocycles. The van der Waals surface area contributed by atoms with E-state index in [1.54, 1.807) is 6.07 Å². The van der Waals surface area contributed by atoms with Crippen molar-refractivity contribution in [2.75, 3.05) is 19.6 Å². The topological polar surface area (TPSA) is 28.2 Å². The van der Waals surface area contributed by atoms with Crippen molar-refractivity contribution < 1.29 is 4.39 Å². The minimum Gasteiger partial charge on any atom is -0.309 e. The lowest BCUT2D eigenvalue weighted by molar-refractivity contribution is 0.138. The van der Waals surface area contributed by atoms with E-state index >= 15 is 0 Å². The average Bonchev–Trinajstić information content (AvgIpc) is 2.76. The maximum Gasteiger partial charge on any atom is 0.141 e. The summed E-state index contributed by atoms with van der Waals surface area (Å²) in [6.07, 6.45) is 3.85. The molecule has 1 aliphatic rings. The molecule has 0 amide bonds. The van der Waals surface area contributed by atoms with Gasteiger partial charge < -0.3 is 5.32 Å². The lowest BCUT2D eigenvalue weighted by Crippen LogP contribution is -2.43. The highest BCUT2D eigenvalue weighted by Gasteiger charge is 2.34. The first-order chi connectivity index (χ1) is 9.94. The van der Waals surface area contributed by atoms with Crippen LogP contribution in [0.15, 0.2) is 18.3 Å². The molecular weight excluding hydrogens is 265 g/mol. The number of rotatable bonds is 6. The Bertz CT molecular complexity index is 444. The van der Waals surface area contributed by atoms with E-state index in [1.165, 1.54) is 31.6 Å². The number of likely N-dealkylation sites (tertiary alicyclic amines) is 1. The fourth-order valence-corrected chi connectivity index (χ4v) is 3.34. The lowest BCUT2D eigenvalue weighted by atomic mass is 9.95. The molecule has 1 N–H and O–H groups in total. The third-order valence-corrected chi connectivity index (χ3v) is 4.64. The minimum atomic E-state index is -0.276. The van der Waals surface area contributed by atoms with E-state index in [9.17, 15) is 4.39 Å². The van der Waals surface area contributed by atoms with Crippen molar-refractivity contribution in [3.63, 3.8) is 0 Å². The van der Waals surface area contributed by atoms with Crippen molar-refractivity contribution in [2.24, 2.45) is 5.92 Å². The molecule has 1 aromatic rings. The molecular formula is C17H28FN3. The second-order valence-corrected chi connectivity index (χ2v) is 6.78. The van der Waals surface area contributed by atoms with Gasteiger partial charge in [0, 0.05) is 12.1 Å². The summed E-state index contributed by atoms with van der Waals surface area (Å²) in [6, 6.07) is 3.47. The van der Waals surface area contributed by atoms with Crippen LogP contribution in [0.3, 0.4) is 0 Å². The molecule has 118 valence electrons. The van der Waals surface area contributed by atoms with Gasteiger partial charge in [-0.2, -0.15) is 0 Å². The van der Waals surface area contributed by atoms with Crippen LogP contribution in [0.5, 0.6) is 0 Å². The molecule has 3 nitrogen and oxygen atoms in total. The second-order valence-electron chi connectivity index (χ2n) is 6.78. The van der Waals surface area contributed by atoms with Crippen LogP contribution in [-0.4, -0.2) is 35.1 Å². The van der Waals surface area contributed by atoms with Gasteiger partial charge in [0.05, 0.1) is 17.9 Å². The molecule has 1 aromatic heterocycles. The standard InChI is InChI=1S/C17H28FN3/c1-5-19-16(15-8-7-14(18)11-20-15)13(2)12-21-10-6-9-17(21,3)4/h7-8,11,13,16,19H,5-6,9-10,12H2,1-4H3. The molecule has 1 saturated heterocycles. The van der Waals surface area contributed by atoms with E-state index in [0.717, 1.165) is 18.8 Å². The van der Waals surface area contributed by atoms with E-state index in [4.69, 9.17) is 0 Å². The van der Waals surface area contributed by atoms with Crippen LogP contribution >= 0.6 is 0 Å². The Balaban J connectivity index is 2.08. The molecule has 2 rings (SSSR count). The third-order valence-electron chi connectivity index (χ3n) is 4.64. The Morgan fingerprint density at radius 3 is 2.71 bits per heavy atom. The van der Waals surface area contributed by atoms with Crippen molar-refractivity contribution in [1.82, 2.24) is 15.2 Å². The quantitative estimate of drug-likeness (QED) is 0.871. The van der Waals surface area contributed by atoms with Gasteiger partial charge in [-0.25, -0.2) is 4.39 Å². The zero-order valence-corrected chi connectivity index (χ0v) is 13.7. The molecule has 1 fully saturated rings. The maximum absolute atomic E-state index is 13.1. The van der Waals surface area contributed by atoms with Crippen molar-refractivity contribution >= 4 is 0 Å². The molecule has 2 unspecified atom stereocenters. The zero-order chi connectivity index (χ0) is 15.5. The highest BCUT2D eigenvalue weighted by atomic mass is 19.1. The number of nitrogens with zero attached hydrogens (tertiary/aromatic N) is 2. The van der Waals surface area contributed by atoms with Gasteiger partial charge in [-0.05, 0) is 57.8 Å². The summed E-state index contributed by atoms with van der Waals surface area (Å²) in [5.41, 5.74) is 1.23. The first kappa shape index (κ1) is 16.4. The van der Waals surface area contributed by atoms with Crippen LogP contribution in [0.25, 0.3) is 0 Å². The van der Waals surface area contributed by atoms with Crippen molar-refractivity contribution in [2.45, 2.75) is 52.1 Å². The molecule has 0 aromatic carbocycles. The predicted octanol–water partition coefficient (Wildman–Crippen LogP) is 3.38. The van der Waals surface area contributed by atoms with Crippen molar-refractivity contribution in [3.05, 3.63) is 29.8 Å². The van der Waals surface area contributed by atoms with Gasteiger partial charge in [-0.3, -0.25) is 9.88 Å². The lowest BCUT2D eigenvalue weighted by Gasteiger charge is -2.36. The number of hydrogen-bond donors (Lipinski definition) is 1. The highest BCUT2D eigenvalue weighted by molar-refractivity contribution is 5.11. The van der Waals surface area contributed by atoms with E-state index < -0.39 is 0 Å². The van der Waals surface area contributed by atoms with Gasteiger partial charge in [-0.1, -0.05) is 13.8 Å². The van der Waals surface area contributed by atoms with Crippen LogP contribution in [-0.2, 0) is 0 Å². The van der Waals surface area contributed by atoms with Crippen LogP contribution in [0.2, 0.25) is 0 Å². The second kappa shape index (κ2) is 6.84. The van der Waals surface area contributed by atoms with Gasteiger partial charge in [0.1, 0.15) is 5.82 Å². The van der Waals surface area contributed by atoms with Gasteiger partial charge in [0.25, 0.3) is 0 Å². The molecule has 0 radical (unpaired) electrons. The van der Waals surface area contributed by atoms with E-state index in [0.29, 0.717) is 11.5 Å². The fourth-order valence-electron chi connectivity index (χ4n) is 3.34. The zero-order valence-electron chi connectivity index (χ0n) is 13.7. The Kier molecular flexibility index (Phi) is 5.33. The summed E-state index contributed by atoms with van der Waals surface area (Å²) in [6.45, 7) is 12.1. The van der Waals surface area contributed by atoms with Crippen LogP contribution < -0.4 is 5.32 Å². The Morgan fingerprint density at radius 2 is 2.19 bits per heavy atom. The van der Waals surface area contributed by atoms with Crippen LogP contribution in [0.1, 0.15) is 52.3 Å². The molecule has 2 atom stereocenters. The van der Waals surface area contributed by atoms with E-state index in [2.05, 4.69) is 42.9 Å². The van der Waals surface area contributed by atoms with Crippen LogP contribution in [0.4, 0.5) is 4.39 Å². The summed E-state index contributed by atoms with van der Waals surface area (Å²) in [4.78, 5) is 6.85. The Morgan fingerprint density at radius 1 is 1.43 bits per heavy atom. The third kappa shape index (κ3) is 4.01. The summed E-state index contributed by atoms with van der Waals surface area (Å²) in [5, 5.41) is 3.51. The molecule has 2 heterocycles. The molecule has 21 heavy (non-hydrogen) atoms. The number of hydrogen-bond acceptors (Lipinski definition) is 3.